The third-order valence-corrected chi connectivity index (χ3v) is 6.18. The van der Waals surface area contributed by atoms with Gasteiger partial charge in [-0.25, -0.2) is 4.79 Å². The molecule has 2 N–H and O–H groups in total. The molecule has 0 radical (unpaired) electrons. The molecule has 0 saturated heterocycles. The van der Waals surface area contributed by atoms with E-state index >= 15 is 0 Å². The van der Waals surface area contributed by atoms with Gasteiger partial charge < -0.3 is 10.4 Å². The van der Waals surface area contributed by atoms with Gasteiger partial charge in [0.15, 0.2) is 0 Å². The Morgan fingerprint density at radius 1 is 1.05 bits per heavy atom. The van der Waals surface area contributed by atoms with E-state index in [9.17, 15) is 9.90 Å². The van der Waals surface area contributed by atoms with E-state index < -0.39 is 11.5 Å². The Bertz CT molecular complexity index is 535. The molecule has 1 aromatic rings. The summed E-state index contributed by atoms with van der Waals surface area (Å²) in [6, 6.07) is 8.14. The van der Waals surface area contributed by atoms with Crippen molar-refractivity contribution in [2.24, 2.45) is 23.7 Å². The van der Waals surface area contributed by atoms with Crippen LogP contribution in [0.25, 0.3) is 0 Å². The zero-order chi connectivity index (χ0) is 14.6. The first kappa shape index (κ1) is 13.2. The Labute approximate surface area is 125 Å². The van der Waals surface area contributed by atoms with Crippen molar-refractivity contribution < 1.29 is 9.90 Å². The summed E-state index contributed by atoms with van der Waals surface area (Å²) in [5, 5.41) is 13.5. The molecule has 0 amide bonds. The number of carboxylic acid groups (broad SMARTS) is 1. The van der Waals surface area contributed by atoms with Crippen molar-refractivity contribution in [2.75, 3.05) is 5.32 Å². The van der Waals surface area contributed by atoms with Crippen molar-refractivity contribution in [3.8, 4) is 0 Å². The fraction of sp³-hybridized carbons (Fsp3) is 0.611. The molecule has 4 bridgehead atoms. The van der Waals surface area contributed by atoms with Gasteiger partial charge >= 0.3 is 5.97 Å². The zero-order valence-electron chi connectivity index (χ0n) is 12.5. The van der Waals surface area contributed by atoms with Crippen molar-refractivity contribution in [3.05, 3.63) is 29.8 Å². The standard InChI is InChI=1S/C18H23NO2/c1-11-2-4-16(5-3-11)19-18(17(20)21)14-7-12-6-13(9-14)10-15(18)8-12/h2-5,12-15,19H,6-10H2,1H3,(H,20,21). The van der Waals surface area contributed by atoms with Crippen LogP contribution >= 0.6 is 0 Å². The molecule has 0 aliphatic heterocycles. The lowest BCUT2D eigenvalue weighted by Gasteiger charge is -2.59. The van der Waals surface area contributed by atoms with Crippen LogP contribution < -0.4 is 5.32 Å². The third kappa shape index (κ3) is 1.90. The second-order valence-electron chi connectivity index (χ2n) is 7.47. The Hall–Kier alpha value is -1.51. The highest BCUT2D eigenvalue weighted by atomic mass is 16.4. The highest BCUT2D eigenvalue weighted by molar-refractivity contribution is 5.84. The summed E-state index contributed by atoms with van der Waals surface area (Å²) in [5.41, 5.74) is 1.42. The topological polar surface area (TPSA) is 49.3 Å². The quantitative estimate of drug-likeness (QED) is 0.890. The molecule has 4 aliphatic carbocycles. The molecular formula is C18H23NO2. The number of hydrogen-bond donors (Lipinski definition) is 2. The fourth-order valence-electron chi connectivity index (χ4n) is 5.41. The Morgan fingerprint density at radius 2 is 1.57 bits per heavy atom. The number of aryl methyl sites for hydroxylation is 1. The van der Waals surface area contributed by atoms with Crippen LogP contribution in [0.15, 0.2) is 24.3 Å². The highest BCUT2D eigenvalue weighted by Gasteiger charge is 2.61. The van der Waals surface area contributed by atoms with Gasteiger partial charge in [0.25, 0.3) is 0 Å². The van der Waals surface area contributed by atoms with Crippen molar-refractivity contribution in [1.82, 2.24) is 0 Å². The number of aliphatic carboxylic acids is 1. The molecule has 4 aliphatic rings. The van der Waals surface area contributed by atoms with Gasteiger partial charge in [-0.2, -0.15) is 0 Å². The molecule has 0 heterocycles. The lowest BCUT2D eigenvalue weighted by Crippen LogP contribution is -2.65. The number of hydrogen-bond acceptors (Lipinski definition) is 2. The van der Waals surface area contributed by atoms with Gasteiger partial charge in [-0.3, -0.25) is 0 Å². The van der Waals surface area contributed by atoms with Gasteiger partial charge in [-0.05, 0) is 74.8 Å². The minimum atomic E-state index is -0.733. The smallest absolute Gasteiger partial charge is 0.329 e. The number of nitrogens with one attached hydrogen (secondary N) is 1. The van der Waals surface area contributed by atoms with Gasteiger partial charge in [-0.15, -0.1) is 0 Å². The summed E-state index contributed by atoms with van der Waals surface area (Å²) in [4.78, 5) is 12.2. The van der Waals surface area contributed by atoms with Crippen LogP contribution in [0.1, 0.15) is 37.7 Å². The van der Waals surface area contributed by atoms with Crippen molar-refractivity contribution >= 4 is 11.7 Å². The number of carboxylic acids is 1. The largest absolute Gasteiger partial charge is 0.479 e. The van der Waals surface area contributed by atoms with E-state index in [-0.39, 0.29) is 0 Å². The van der Waals surface area contributed by atoms with E-state index in [0.29, 0.717) is 11.8 Å². The summed E-state index contributed by atoms with van der Waals surface area (Å²) in [6.07, 6.45) is 5.72. The van der Waals surface area contributed by atoms with Crippen LogP contribution in [0.4, 0.5) is 5.69 Å². The van der Waals surface area contributed by atoms with Crippen molar-refractivity contribution in [3.63, 3.8) is 0 Å². The number of anilines is 1. The minimum Gasteiger partial charge on any atom is -0.479 e. The van der Waals surface area contributed by atoms with E-state index in [0.717, 1.165) is 43.2 Å². The first-order chi connectivity index (χ1) is 10.1. The molecule has 0 aromatic heterocycles. The average Bonchev–Trinajstić information content (AvgIpc) is 2.44. The maximum absolute atomic E-state index is 12.2. The molecule has 21 heavy (non-hydrogen) atoms. The Morgan fingerprint density at radius 3 is 2.05 bits per heavy atom. The van der Waals surface area contributed by atoms with Crippen LogP contribution in [0.2, 0.25) is 0 Å². The molecule has 112 valence electrons. The summed E-state index contributed by atoms with van der Waals surface area (Å²) < 4.78 is 0. The zero-order valence-corrected chi connectivity index (χ0v) is 12.5. The molecule has 4 saturated carbocycles. The lowest BCUT2D eigenvalue weighted by molar-refractivity contribution is -0.157. The second kappa shape index (κ2) is 4.49. The van der Waals surface area contributed by atoms with Crippen LogP contribution in [0, 0.1) is 30.6 Å². The second-order valence-corrected chi connectivity index (χ2v) is 7.47. The summed E-state index contributed by atoms with van der Waals surface area (Å²) >= 11 is 0. The monoisotopic (exact) mass is 285 g/mol. The molecule has 4 fully saturated rings. The van der Waals surface area contributed by atoms with Gasteiger partial charge in [0.05, 0.1) is 0 Å². The molecule has 3 nitrogen and oxygen atoms in total. The van der Waals surface area contributed by atoms with Gasteiger partial charge in [-0.1, -0.05) is 17.7 Å². The Balaban J connectivity index is 1.70. The summed E-state index contributed by atoms with van der Waals surface area (Å²) in [6.45, 7) is 2.06. The first-order valence-corrected chi connectivity index (χ1v) is 8.16. The maximum atomic E-state index is 12.2. The predicted octanol–water partition coefficient (Wildman–Crippen LogP) is 3.69. The molecule has 0 atom stereocenters. The van der Waals surface area contributed by atoms with Crippen LogP contribution in [0.3, 0.4) is 0 Å². The van der Waals surface area contributed by atoms with Crippen LogP contribution in [-0.2, 0) is 4.79 Å². The van der Waals surface area contributed by atoms with E-state index in [1.165, 1.54) is 12.0 Å². The average molecular weight is 285 g/mol. The van der Waals surface area contributed by atoms with Gasteiger partial charge in [0.2, 0.25) is 0 Å². The minimum absolute atomic E-state index is 0.299. The third-order valence-electron chi connectivity index (χ3n) is 6.18. The molecule has 5 rings (SSSR count). The van der Waals surface area contributed by atoms with Crippen LogP contribution in [0.5, 0.6) is 0 Å². The van der Waals surface area contributed by atoms with E-state index in [4.69, 9.17) is 0 Å². The van der Waals surface area contributed by atoms with E-state index in [2.05, 4.69) is 12.2 Å². The van der Waals surface area contributed by atoms with E-state index in [1.54, 1.807) is 0 Å². The summed E-state index contributed by atoms with van der Waals surface area (Å²) in [5.74, 6) is 1.51. The number of benzene rings is 1. The van der Waals surface area contributed by atoms with Gasteiger partial charge in [0.1, 0.15) is 5.54 Å². The van der Waals surface area contributed by atoms with E-state index in [1.807, 2.05) is 24.3 Å². The number of carbonyl (C=O) groups is 1. The molecule has 0 unspecified atom stereocenters. The molecule has 1 aromatic carbocycles. The summed E-state index contributed by atoms with van der Waals surface area (Å²) in [7, 11) is 0. The molecule has 3 heteroatoms. The fourth-order valence-corrected chi connectivity index (χ4v) is 5.41. The lowest BCUT2D eigenvalue weighted by atomic mass is 9.48. The maximum Gasteiger partial charge on any atom is 0.329 e. The number of rotatable bonds is 3. The Kier molecular flexibility index (Phi) is 2.82. The SMILES string of the molecule is Cc1ccc(NC2(C(=O)O)C3CC4CC(C3)CC2C4)cc1. The predicted molar refractivity (Wildman–Crippen MR) is 82.2 cm³/mol. The first-order valence-electron chi connectivity index (χ1n) is 8.16. The molecule has 0 spiro atoms. The van der Waals surface area contributed by atoms with Crippen molar-refractivity contribution in [2.45, 2.75) is 44.6 Å². The van der Waals surface area contributed by atoms with Gasteiger partial charge in [0, 0.05) is 5.69 Å². The van der Waals surface area contributed by atoms with Crippen LogP contribution in [-0.4, -0.2) is 16.6 Å². The molecular weight excluding hydrogens is 262 g/mol. The highest BCUT2D eigenvalue weighted by Crippen LogP contribution is 2.59. The van der Waals surface area contributed by atoms with Crippen molar-refractivity contribution in [1.29, 1.82) is 0 Å². The normalized spacial score (nSPS) is 40.2.